The van der Waals surface area contributed by atoms with E-state index in [9.17, 15) is 5.26 Å². The fourth-order valence-corrected chi connectivity index (χ4v) is 2.44. The summed E-state index contributed by atoms with van der Waals surface area (Å²) >= 11 is 3.52. The summed E-state index contributed by atoms with van der Waals surface area (Å²) < 4.78 is 6.22. The predicted molar refractivity (Wildman–Crippen MR) is 79.5 cm³/mol. The van der Waals surface area contributed by atoms with Gasteiger partial charge in [-0.3, -0.25) is 4.98 Å². The van der Waals surface area contributed by atoms with Crippen LogP contribution in [0.1, 0.15) is 18.9 Å². The van der Waals surface area contributed by atoms with E-state index in [0.717, 1.165) is 34.0 Å². The van der Waals surface area contributed by atoms with Crippen molar-refractivity contribution in [1.82, 2.24) is 4.98 Å². The first-order valence-corrected chi connectivity index (χ1v) is 6.81. The maximum Gasteiger partial charge on any atom is 0.145 e. The largest absolute Gasteiger partial charge is 0.494 e. The Hall–Kier alpha value is -1.80. The van der Waals surface area contributed by atoms with Crippen molar-refractivity contribution in [3.63, 3.8) is 0 Å². The molecule has 0 unspecified atom stereocenters. The molecule has 1 aromatic heterocycles. The Morgan fingerprint density at radius 1 is 1.47 bits per heavy atom. The molecule has 1 heterocycles. The summed E-state index contributed by atoms with van der Waals surface area (Å²) in [7, 11) is 1.61. The van der Waals surface area contributed by atoms with E-state index >= 15 is 0 Å². The van der Waals surface area contributed by atoms with Crippen molar-refractivity contribution in [2.75, 3.05) is 19.0 Å². The van der Waals surface area contributed by atoms with Crippen molar-refractivity contribution < 1.29 is 4.74 Å². The number of ether oxygens (including phenoxy) is 1. The Morgan fingerprint density at radius 3 is 2.89 bits per heavy atom. The maximum absolute atomic E-state index is 9.22. The number of rotatable bonds is 4. The van der Waals surface area contributed by atoms with Gasteiger partial charge in [-0.15, -0.1) is 0 Å². The van der Waals surface area contributed by atoms with Crippen molar-refractivity contribution in [2.45, 2.75) is 13.3 Å². The van der Waals surface area contributed by atoms with E-state index in [1.54, 1.807) is 13.3 Å². The molecule has 0 atom stereocenters. The van der Waals surface area contributed by atoms with Gasteiger partial charge in [-0.1, -0.05) is 22.9 Å². The summed E-state index contributed by atoms with van der Waals surface area (Å²) in [5, 5.41) is 13.4. The lowest BCUT2D eigenvalue weighted by Gasteiger charge is -2.13. The highest BCUT2D eigenvalue weighted by Crippen LogP contribution is 2.36. The standard InChI is InChI=1S/C14H14BrN3O/c1-3-6-17-13-9(7-16)8-18-14-11(19-2)5-4-10(15)12(13)14/h4-5,8H,3,6H2,1-2H3,(H,17,18). The number of hydrogen-bond acceptors (Lipinski definition) is 4. The number of benzene rings is 1. The molecule has 98 valence electrons. The third-order valence-corrected chi connectivity index (χ3v) is 3.49. The third kappa shape index (κ3) is 2.49. The smallest absolute Gasteiger partial charge is 0.145 e. The first-order chi connectivity index (χ1) is 9.22. The van der Waals surface area contributed by atoms with Crippen LogP contribution in [0, 0.1) is 11.3 Å². The summed E-state index contributed by atoms with van der Waals surface area (Å²) in [5.41, 5.74) is 2.09. The molecule has 19 heavy (non-hydrogen) atoms. The van der Waals surface area contributed by atoms with Crippen molar-refractivity contribution in [2.24, 2.45) is 0 Å². The van der Waals surface area contributed by atoms with E-state index < -0.39 is 0 Å². The Kier molecular flexibility index (Phi) is 4.23. The first-order valence-electron chi connectivity index (χ1n) is 6.02. The average molecular weight is 320 g/mol. The quantitative estimate of drug-likeness (QED) is 0.933. The van der Waals surface area contributed by atoms with Gasteiger partial charge in [0.05, 0.1) is 18.4 Å². The average Bonchev–Trinajstić information content (AvgIpc) is 2.45. The topological polar surface area (TPSA) is 57.9 Å². The second-order valence-electron chi connectivity index (χ2n) is 4.06. The van der Waals surface area contributed by atoms with Gasteiger partial charge < -0.3 is 10.1 Å². The van der Waals surface area contributed by atoms with E-state index in [4.69, 9.17) is 4.74 Å². The zero-order valence-electron chi connectivity index (χ0n) is 10.8. The zero-order valence-corrected chi connectivity index (χ0v) is 12.4. The molecule has 1 N–H and O–H groups in total. The number of hydrogen-bond donors (Lipinski definition) is 1. The number of nitrogens with zero attached hydrogens (tertiary/aromatic N) is 2. The highest BCUT2D eigenvalue weighted by atomic mass is 79.9. The zero-order chi connectivity index (χ0) is 13.8. The Bertz CT molecular complexity index is 649. The molecule has 0 bridgehead atoms. The molecule has 0 aliphatic heterocycles. The van der Waals surface area contributed by atoms with Crippen LogP contribution in [0.3, 0.4) is 0 Å². The second-order valence-corrected chi connectivity index (χ2v) is 4.91. The van der Waals surface area contributed by atoms with Crippen LogP contribution in [0.2, 0.25) is 0 Å². The van der Waals surface area contributed by atoms with Crippen molar-refractivity contribution >= 4 is 32.5 Å². The summed E-state index contributed by atoms with van der Waals surface area (Å²) in [4.78, 5) is 4.33. The van der Waals surface area contributed by atoms with E-state index in [1.807, 2.05) is 12.1 Å². The van der Waals surface area contributed by atoms with Crippen LogP contribution in [0.25, 0.3) is 10.9 Å². The molecule has 4 nitrogen and oxygen atoms in total. The van der Waals surface area contributed by atoms with Gasteiger partial charge in [-0.05, 0) is 18.6 Å². The molecule has 0 radical (unpaired) electrons. The van der Waals surface area contributed by atoms with Gasteiger partial charge >= 0.3 is 0 Å². The first kappa shape index (κ1) is 13.6. The van der Waals surface area contributed by atoms with Crippen molar-refractivity contribution in [3.05, 3.63) is 28.4 Å². The molecule has 1 aromatic carbocycles. The molecule has 0 amide bonds. The van der Waals surface area contributed by atoms with Gasteiger partial charge in [0, 0.05) is 22.6 Å². The molecule has 5 heteroatoms. The van der Waals surface area contributed by atoms with E-state index in [-0.39, 0.29) is 0 Å². The van der Waals surface area contributed by atoms with Gasteiger partial charge in [0.2, 0.25) is 0 Å². The van der Waals surface area contributed by atoms with E-state index in [1.165, 1.54) is 0 Å². The van der Waals surface area contributed by atoms with Crippen molar-refractivity contribution in [3.8, 4) is 11.8 Å². The Labute approximate surface area is 120 Å². The molecule has 0 fully saturated rings. The monoisotopic (exact) mass is 319 g/mol. The summed E-state index contributed by atoms with van der Waals surface area (Å²) in [5.74, 6) is 0.697. The number of methoxy groups -OCH3 is 1. The molecular weight excluding hydrogens is 306 g/mol. The number of fused-ring (bicyclic) bond motifs is 1. The van der Waals surface area contributed by atoms with Gasteiger partial charge in [-0.25, -0.2) is 0 Å². The Balaban J connectivity index is 2.76. The van der Waals surface area contributed by atoms with Crippen LogP contribution < -0.4 is 10.1 Å². The predicted octanol–water partition coefficient (Wildman–Crippen LogP) is 3.70. The number of aromatic nitrogens is 1. The fourth-order valence-electron chi connectivity index (χ4n) is 1.92. The van der Waals surface area contributed by atoms with E-state index in [2.05, 4.69) is 39.2 Å². The SMILES string of the molecule is CCCNc1c(C#N)cnc2c(OC)ccc(Br)c12. The molecule has 2 aromatic rings. The van der Waals surface area contributed by atoms with Crippen LogP contribution >= 0.6 is 15.9 Å². The second kappa shape index (κ2) is 5.89. The van der Waals surface area contributed by atoms with Gasteiger partial charge in [0.15, 0.2) is 0 Å². The van der Waals surface area contributed by atoms with Gasteiger partial charge in [0.1, 0.15) is 17.3 Å². The van der Waals surface area contributed by atoms with E-state index in [0.29, 0.717) is 11.3 Å². The molecule has 0 spiro atoms. The number of halogens is 1. The maximum atomic E-state index is 9.22. The number of nitriles is 1. The van der Waals surface area contributed by atoms with Crippen LogP contribution in [-0.2, 0) is 0 Å². The molecule has 0 saturated carbocycles. The van der Waals surface area contributed by atoms with Crippen molar-refractivity contribution in [1.29, 1.82) is 5.26 Å². The minimum absolute atomic E-state index is 0.537. The molecular formula is C14H14BrN3O. The summed E-state index contributed by atoms with van der Waals surface area (Å²) in [6, 6.07) is 5.93. The lowest BCUT2D eigenvalue weighted by molar-refractivity contribution is 0.419. The summed E-state index contributed by atoms with van der Waals surface area (Å²) in [6.07, 6.45) is 2.56. The lowest BCUT2D eigenvalue weighted by Crippen LogP contribution is -2.04. The third-order valence-electron chi connectivity index (χ3n) is 2.82. The molecule has 0 aliphatic carbocycles. The fraction of sp³-hybridized carbons (Fsp3) is 0.286. The minimum atomic E-state index is 0.537. The van der Waals surface area contributed by atoms with Crippen LogP contribution in [-0.4, -0.2) is 18.6 Å². The molecule has 0 aliphatic rings. The van der Waals surface area contributed by atoms with Crippen LogP contribution in [0.4, 0.5) is 5.69 Å². The number of anilines is 1. The number of pyridine rings is 1. The van der Waals surface area contributed by atoms with Crippen LogP contribution in [0.5, 0.6) is 5.75 Å². The highest BCUT2D eigenvalue weighted by Gasteiger charge is 2.14. The lowest BCUT2D eigenvalue weighted by atomic mass is 10.1. The normalized spacial score (nSPS) is 10.2. The molecule has 2 rings (SSSR count). The number of nitrogens with one attached hydrogen (secondary N) is 1. The Morgan fingerprint density at radius 2 is 2.26 bits per heavy atom. The molecule has 0 saturated heterocycles. The minimum Gasteiger partial charge on any atom is -0.494 e. The van der Waals surface area contributed by atoms with Crippen LogP contribution in [0.15, 0.2) is 22.8 Å². The van der Waals surface area contributed by atoms with Gasteiger partial charge in [-0.2, -0.15) is 5.26 Å². The highest BCUT2D eigenvalue weighted by molar-refractivity contribution is 9.10. The van der Waals surface area contributed by atoms with Gasteiger partial charge in [0.25, 0.3) is 0 Å². The summed E-state index contributed by atoms with van der Waals surface area (Å²) in [6.45, 7) is 2.88.